The Bertz CT molecular complexity index is 270. The van der Waals surface area contributed by atoms with E-state index in [1.54, 1.807) is 11.3 Å². The first-order chi connectivity index (χ1) is 8.22. The van der Waals surface area contributed by atoms with E-state index >= 15 is 0 Å². The topological polar surface area (TPSA) is 15.3 Å². The van der Waals surface area contributed by atoms with Crippen LogP contribution in [0.2, 0.25) is 0 Å². The van der Waals surface area contributed by atoms with E-state index in [9.17, 15) is 0 Å². The first kappa shape index (κ1) is 14.7. The Morgan fingerprint density at radius 2 is 2.18 bits per heavy atom. The number of nitrogens with one attached hydrogen (secondary N) is 1. The molecule has 0 spiro atoms. The average Bonchev–Trinajstić information content (AvgIpc) is 2.79. The summed E-state index contributed by atoms with van der Waals surface area (Å²) in [5.41, 5.74) is 1.46. The highest BCUT2D eigenvalue weighted by molar-refractivity contribution is 7.07. The molecule has 3 heteroatoms. The molecule has 0 atom stereocenters. The van der Waals surface area contributed by atoms with Gasteiger partial charge in [-0.05, 0) is 47.8 Å². The van der Waals surface area contributed by atoms with Gasteiger partial charge in [0.2, 0.25) is 0 Å². The molecule has 1 heterocycles. The Kier molecular flexibility index (Phi) is 7.49. The van der Waals surface area contributed by atoms with Gasteiger partial charge in [0.15, 0.2) is 0 Å². The van der Waals surface area contributed by atoms with Gasteiger partial charge in [-0.25, -0.2) is 0 Å². The van der Waals surface area contributed by atoms with E-state index in [0.717, 1.165) is 38.5 Å². The summed E-state index contributed by atoms with van der Waals surface area (Å²) in [6.45, 7) is 12.5. The van der Waals surface area contributed by atoms with Crippen LogP contribution in [0, 0.1) is 5.92 Å². The largest absolute Gasteiger partial charge is 0.315 e. The van der Waals surface area contributed by atoms with Crippen molar-refractivity contribution in [3.63, 3.8) is 0 Å². The van der Waals surface area contributed by atoms with Crippen molar-refractivity contribution in [3.8, 4) is 0 Å². The second-order valence-corrected chi connectivity index (χ2v) is 5.70. The first-order valence-electron chi connectivity index (χ1n) is 6.66. The standard InChI is InChI=1S/C14H26N2S/c1-4-16(11-13(2)3)9-8-15-7-5-14-6-10-17-12-14/h6,10,12-13,15H,4-5,7-9,11H2,1-3H3. The summed E-state index contributed by atoms with van der Waals surface area (Å²) < 4.78 is 0. The summed E-state index contributed by atoms with van der Waals surface area (Å²) in [4.78, 5) is 2.52. The zero-order chi connectivity index (χ0) is 12.5. The van der Waals surface area contributed by atoms with Gasteiger partial charge in [0.25, 0.3) is 0 Å². The van der Waals surface area contributed by atoms with Crippen LogP contribution in [0.25, 0.3) is 0 Å². The summed E-state index contributed by atoms with van der Waals surface area (Å²) in [6, 6.07) is 2.21. The molecule has 1 rings (SSSR count). The lowest BCUT2D eigenvalue weighted by atomic mass is 10.2. The third kappa shape index (κ3) is 6.81. The average molecular weight is 254 g/mol. The SMILES string of the molecule is CCN(CCNCCc1ccsc1)CC(C)C. The number of hydrogen-bond acceptors (Lipinski definition) is 3. The van der Waals surface area contributed by atoms with Crippen LogP contribution in [-0.2, 0) is 6.42 Å². The fourth-order valence-corrected chi connectivity index (χ4v) is 2.63. The maximum atomic E-state index is 3.52. The number of hydrogen-bond donors (Lipinski definition) is 1. The van der Waals surface area contributed by atoms with Crippen molar-refractivity contribution >= 4 is 11.3 Å². The van der Waals surface area contributed by atoms with Crippen LogP contribution in [0.15, 0.2) is 16.8 Å². The molecule has 0 aliphatic heterocycles. The summed E-state index contributed by atoms with van der Waals surface area (Å²) in [5.74, 6) is 0.765. The molecular formula is C14H26N2S. The summed E-state index contributed by atoms with van der Waals surface area (Å²) in [7, 11) is 0. The van der Waals surface area contributed by atoms with Crippen LogP contribution in [0.1, 0.15) is 26.3 Å². The van der Waals surface area contributed by atoms with Gasteiger partial charge < -0.3 is 10.2 Å². The van der Waals surface area contributed by atoms with E-state index in [1.807, 2.05) is 0 Å². The lowest BCUT2D eigenvalue weighted by Crippen LogP contribution is -2.35. The fraction of sp³-hybridized carbons (Fsp3) is 0.714. The minimum Gasteiger partial charge on any atom is -0.315 e. The molecular weight excluding hydrogens is 228 g/mol. The summed E-state index contributed by atoms with van der Waals surface area (Å²) in [6.07, 6.45) is 1.15. The molecule has 1 aromatic heterocycles. The predicted molar refractivity (Wildman–Crippen MR) is 77.8 cm³/mol. The quantitative estimate of drug-likeness (QED) is 0.682. The highest BCUT2D eigenvalue weighted by Crippen LogP contribution is 2.05. The molecule has 2 nitrogen and oxygen atoms in total. The molecule has 0 saturated heterocycles. The van der Waals surface area contributed by atoms with Gasteiger partial charge in [0, 0.05) is 19.6 Å². The first-order valence-corrected chi connectivity index (χ1v) is 7.60. The van der Waals surface area contributed by atoms with Crippen molar-refractivity contribution < 1.29 is 0 Å². The fourth-order valence-electron chi connectivity index (χ4n) is 1.92. The Morgan fingerprint density at radius 3 is 2.76 bits per heavy atom. The number of thiophene rings is 1. The third-order valence-corrected chi connectivity index (χ3v) is 3.58. The molecule has 0 aliphatic carbocycles. The van der Waals surface area contributed by atoms with E-state index in [2.05, 4.69) is 47.8 Å². The molecule has 0 fully saturated rings. The van der Waals surface area contributed by atoms with E-state index in [4.69, 9.17) is 0 Å². The predicted octanol–water partition coefficient (Wildman–Crippen LogP) is 2.86. The minimum atomic E-state index is 0.765. The summed E-state index contributed by atoms with van der Waals surface area (Å²) >= 11 is 1.78. The molecule has 1 N–H and O–H groups in total. The Hall–Kier alpha value is -0.380. The smallest absolute Gasteiger partial charge is 0.0107 e. The van der Waals surface area contributed by atoms with Crippen molar-refractivity contribution in [3.05, 3.63) is 22.4 Å². The minimum absolute atomic E-state index is 0.765. The molecule has 0 unspecified atom stereocenters. The maximum Gasteiger partial charge on any atom is 0.0107 e. The van der Waals surface area contributed by atoms with Gasteiger partial charge in [-0.15, -0.1) is 0 Å². The van der Waals surface area contributed by atoms with Gasteiger partial charge >= 0.3 is 0 Å². The molecule has 0 aromatic carbocycles. The van der Waals surface area contributed by atoms with Gasteiger partial charge in [-0.1, -0.05) is 20.8 Å². The Morgan fingerprint density at radius 1 is 1.35 bits per heavy atom. The van der Waals surface area contributed by atoms with Crippen molar-refractivity contribution in [2.45, 2.75) is 27.2 Å². The zero-order valence-corrected chi connectivity index (χ0v) is 12.2. The van der Waals surface area contributed by atoms with Crippen LogP contribution < -0.4 is 5.32 Å². The molecule has 0 aliphatic rings. The molecule has 0 amide bonds. The van der Waals surface area contributed by atoms with Gasteiger partial charge in [-0.3, -0.25) is 0 Å². The molecule has 0 radical (unpaired) electrons. The van der Waals surface area contributed by atoms with Crippen molar-refractivity contribution in [1.82, 2.24) is 10.2 Å². The molecule has 17 heavy (non-hydrogen) atoms. The number of nitrogens with zero attached hydrogens (tertiary/aromatic N) is 1. The van der Waals surface area contributed by atoms with E-state index in [1.165, 1.54) is 12.1 Å². The second-order valence-electron chi connectivity index (χ2n) is 4.92. The van der Waals surface area contributed by atoms with E-state index in [0.29, 0.717) is 0 Å². The van der Waals surface area contributed by atoms with Crippen molar-refractivity contribution in [2.75, 3.05) is 32.7 Å². The lowest BCUT2D eigenvalue weighted by molar-refractivity contribution is 0.256. The highest BCUT2D eigenvalue weighted by Gasteiger charge is 2.03. The maximum absolute atomic E-state index is 3.52. The van der Waals surface area contributed by atoms with Gasteiger partial charge in [0.05, 0.1) is 0 Å². The van der Waals surface area contributed by atoms with Crippen LogP contribution >= 0.6 is 11.3 Å². The van der Waals surface area contributed by atoms with Crippen LogP contribution in [0.5, 0.6) is 0 Å². The van der Waals surface area contributed by atoms with Gasteiger partial charge in [0.1, 0.15) is 0 Å². The van der Waals surface area contributed by atoms with Crippen LogP contribution in [-0.4, -0.2) is 37.6 Å². The normalized spacial score (nSPS) is 11.6. The molecule has 0 saturated carbocycles. The molecule has 0 bridgehead atoms. The Labute approximate surface area is 110 Å². The monoisotopic (exact) mass is 254 g/mol. The third-order valence-electron chi connectivity index (χ3n) is 2.85. The zero-order valence-electron chi connectivity index (χ0n) is 11.4. The second kappa shape index (κ2) is 8.67. The van der Waals surface area contributed by atoms with E-state index < -0.39 is 0 Å². The Balaban J connectivity index is 2.02. The van der Waals surface area contributed by atoms with Gasteiger partial charge in [-0.2, -0.15) is 11.3 Å². The highest BCUT2D eigenvalue weighted by atomic mass is 32.1. The van der Waals surface area contributed by atoms with E-state index in [-0.39, 0.29) is 0 Å². The van der Waals surface area contributed by atoms with Crippen molar-refractivity contribution in [2.24, 2.45) is 5.92 Å². The molecule has 98 valence electrons. The molecule has 1 aromatic rings. The van der Waals surface area contributed by atoms with Crippen molar-refractivity contribution in [1.29, 1.82) is 0 Å². The summed E-state index contributed by atoms with van der Waals surface area (Å²) in [5, 5.41) is 7.91. The lowest BCUT2D eigenvalue weighted by Gasteiger charge is -2.22. The van der Waals surface area contributed by atoms with Crippen LogP contribution in [0.3, 0.4) is 0 Å². The van der Waals surface area contributed by atoms with Crippen LogP contribution in [0.4, 0.5) is 0 Å². The number of likely N-dealkylation sites (N-methyl/N-ethyl adjacent to an activating group) is 1. The number of rotatable bonds is 9.